The van der Waals surface area contributed by atoms with E-state index in [0.29, 0.717) is 25.4 Å². The number of hydrogen-bond acceptors (Lipinski definition) is 6. The minimum atomic E-state index is -2.68. The van der Waals surface area contributed by atoms with Crippen LogP contribution in [0.4, 0.5) is 0 Å². The van der Waals surface area contributed by atoms with Gasteiger partial charge in [-0.25, -0.2) is 0 Å². The summed E-state index contributed by atoms with van der Waals surface area (Å²) in [6, 6.07) is 0.599. The molecule has 0 aromatic rings. The number of unbranched alkanes of at least 4 members (excludes halogenated alkanes) is 1. The van der Waals surface area contributed by atoms with E-state index in [1.807, 2.05) is 6.92 Å². The third-order valence-corrected chi connectivity index (χ3v) is 6.51. The van der Waals surface area contributed by atoms with Crippen molar-refractivity contribution in [3.8, 4) is 0 Å². The molecule has 0 fully saturated rings. The highest BCUT2D eigenvalue weighted by Crippen LogP contribution is 2.15. The monoisotopic (exact) mass is 348 g/mol. The molecule has 0 saturated carbocycles. The molecule has 0 radical (unpaired) electrons. The summed E-state index contributed by atoms with van der Waals surface area (Å²) in [6.45, 7) is 4.84. The number of carbonyl (C=O) groups excluding carboxylic acids is 2. The van der Waals surface area contributed by atoms with Crippen molar-refractivity contribution < 1.29 is 22.9 Å². The van der Waals surface area contributed by atoms with E-state index in [1.54, 1.807) is 28.3 Å². The van der Waals surface area contributed by atoms with Gasteiger partial charge in [-0.3, -0.25) is 4.79 Å². The molecular formula is C15H32N2O5Si. The van der Waals surface area contributed by atoms with Crippen LogP contribution >= 0.6 is 0 Å². The van der Waals surface area contributed by atoms with E-state index in [9.17, 15) is 9.59 Å². The van der Waals surface area contributed by atoms with Gasteiger partial charge in [0.2, 0.25) is 5.91 Å². The van der Waals surface area contributed by atoms with E-state index >= 15 is 0 Å². The van der Waals surface area contributed by atoms with Gasteiger partial charge in [-0.15, -0.1) is 0 Å². The fourth-order valence-electron chi connectivity index (χ4n) is 2.29. The largest absolute Gasteiger partial charge is 0.501 e. The van der Waals surface area contributed by atoms with Crippen LogP contribution in [0.15, 0.2) is 0 Å². The van der Waals surface area contributed by atoms with Crippen LogP contribution in [0.1, 0.15) is 39.5 Å². The van der Waals surface area contributed by atoms with Crippen LogP contribution in [-0.2, 0) is 22.9 Å². The molecule has 0 aliphatic rings. The molecule has 1 atom stereocenters. The molecule has 0 heterocycles. The molecule has 23 heavy (non-hydrogen) atoms. The first-order valence-electron chi connectivity index (χ1n) is 8.08. The average molecular weight is 349 g/mol. The summed E-state index contributed by atoms with van der Waals surface area (Å²) in [5, 5.41) is 6.23. The van der Waals surface area contributed by atoms with Crippen molar-refractivity contribution in [2.45, 2.75) is 51.6 Å². The molecule has 1 unspecified atom stereocenters. The normalized spacial score (nSPS) is 12.9. The van der Waals surface area contributed by atoms with Crippen LogP contribution in [-0.4, -0.2) is 61.0 Å². The molecule has 136 valence electrons. The second-order valence-corrected chi connectivity index (χ2v) is 8.47. The first-order chi connectivity index (χ1) is 10.9. The molecule has 0 aromatic carbocycles. The molecule has 1 amide bonds. The van der Waals surface area contributed by atoms with Gasteiger partial charge in [-0.2, -0.15) is 0 Å². The van der Waals surface area contributed by atoms with Crippen LogP contribution in [0.2, 0.25) is 6.04 Å². The first-order valence-corrected chi connectivity index (χ1v) is 10.0. The Balaban J connectivity index is 4.26. The average Bonchev–Trinajstić information content (AvgIpc) is 2.54. The fraction of sp³-hybridized carbons (Fsp3) is 0.867. The second-order valence-electron chi connectivity index (χ2n) is 5.47. The molecule has 0 aliphatic carbocycles. The van der Waals surface area contributed by atoms with Crippen LogP contribution in [0, 0.1) is 0 Å². The molecule has 8 heteroatoms. The summed E-state index contributed by atoms with van der Waals surface area (Å²) in [7, 11) is 2.05. The van der Waals surface area contributed by atoms with Crippen molar-refractivity contribution in [2.75, 3.05) is 34.4 Å². The fourth-order valence-corrected chi connectivity index (χ4v) is 4.18. The maximum absolute atomic E-state index is 11.9. The predicted octanol–water partition coefficient (Wildman–Crippen LogP) is 1.11. The Morgan fingerprint density at radius 3 is 2.09 bits per heavy atom. The second kappa shape index (κ2) is 12.6. The summed E-state index contributed by atoms with van der Waals surface area (Å²) >= 11 is 0. The third-order valence-electron chi connectivity index (χ3n) is 3.65. The van der Waals surface area contributed by atoms with Gasteiger partial charge in [0, 0.05) is 52.8 Å². The van der Waals surface area contributed by atoms with Gasteiger partial charge >= 0.3 is 8.80 Å². The third kappa shape index (κ3) is 9.82. The zero-order valence-electron chi connectivity index (χ0n) is 15.1. The summed E-state index contributed by atoms with van der Waals surface area (Å²) in [5.74, 6) is 0.161. The number of amides is 1. The Morgan fingerprint density at radius 1 is 1.04 bits per heavy atom. The van der Waals surface area contributed by atoms with Crippen LogP contribution in [0.5, 0.6) is 0 Å². The number of rotatable bonds is 14. The molecule has 0 rings (SSSR count). The summed E-state index contributed by atoms with van der Waals surface area (Å²) in [6.07, 6.45) is 2.46. The summed E-state index contributed by atoms with van der Waals surface area (Å²) in [5.41, 5.74) is 0. The lowest BCUT2D eigenvalue weighted by molar-refractivity contribution is -0.121. The van der Waals surface area contributed by atoms with E-state index in [1.165, 1.54) is 0 Å². The summed E-state index contributed by atoms with van der Waals surface area (Å²) < 4.78 is 16.3. The molecule has 0 spiro atoms. The van der Waals surface area contributed by atoms with Crippen LogP contribution < -0.4 is 10.6 Å². The highest BCUT2D eigenvalue weighted by molar-refractivity contribution is 6.60. The number of ketones is 1. The molecule has 0 bridgehead atoms. The van der Waals surface area contributed by atoms with Crippen LogP contribution in [0.25, 0.3) is 0 Å². The van der Waals surface area contributed by atoms with E-state index in [-0.39, 0.29) is 17.7 Å². The smallest absolute Gasteiger partial charge is 0.377 e. The number of likely N-dealkylation sites (N-methyl/N-ethyl adjacent to an activating group) is 1. The lowest BCUT2D eigenvalue weighted by Crippen LogP contribution is -2.51. The van der Waals surface area contributed by atoms with Crippen molar-refractivity contribution in [3.05, 3.63) is 0 Å². The molecular weight excluding hydrogens is 316 g/mol. The Kier molecular flexibility index (Phi) is 12.2. The Hall–Kier alpha value is -0.803. The SMILES string of the molecule is CCNC(CNC(=O)CCCCC(C)=O)C[Si](OC)(OC)OC. The summed E-state index contributed by atoms with van der Waals surface area (Å²) in [4.78, 5) is 22.7. The number of Topliss-reactive ketones (excluding diaryl/α,β-unsaturated/α-hetero) is 1. The van der Waals surface area contributed by atoms with Gasteiger partial charge in [0.05, 0.1) is 0 Å². The Morgan fingerprint density at radius 2 is 1.61 bits per heavy atom. The lowest BCUT2D eigenvalue weighted by Gasteiger charge is -2.29. The maximum Gasteiger partial charge on any atom is 0.501 e. The van der Waals surface area contributed by atoms with Gasteiger partial charge < -0.3 is 28.7 Å². The molecule has 0 aromatic heterocycles. The minimum Gasteiger partial charge on any atom is -0.377 e. The van der Waals surface area contributed by atoms with Gasteiger partial charge in [0.15, 0.2) is 0 Å². The van der Waals surface area contributed by atoms with Gasteiger partial charge in [-0.1, -0.05) is 6.92 Å². The predicted molar refractivity (Wildman–Crippen MR) is 91.2 cm³/mol. The van der Waals surface area contributed by atoms with Crippen LogP contribution in [0.3, 0.4) is 0 Å². The van der Waals surface area contributed by atoms with Gasteiger partial charge in [0.25, 0.3) is 0 Å². The van der Waals surface area contributed by atoms with E-state index in [2.05, 4.69) is 10.6 Å². The van der Waals surface area contributed by atoms with Crippen molar-refractivity contribution in [1.29, 1.82) is 0 Å². The maximum atomic E-state index is 11.9. The van der Waals surface area contributed by atoms with E-state index in [4.69, 9.17) is 13.3 Å². The first kappa shape index (κ1) is 22.2. The zero-order valence-corrected chi connectivity index (χ0v) is 16.1. The topological polar surface area (TPSA) is 85.9 Å². The number of nitrogens with one attached hydrogen (secondary N) is 2. The van der Waals surface area contributed by atoms with Crippen molar-refractivity contribution in [2.24, 2.45) is 0 Å². The molecule has 2 N–H and O–H groups in total. The van der Waals surface area contributed by atoms with Crippen molar-refractivity contribution in [3.63, 3.8) is 0 Å². The highest BCUT2D eigenvalue weighted by Gasteiger charge is 2.40. The van der Waals surface area contributed by atoms with E-state index < -0.39 is 8.80 Å². The van der Waals surface area contributed by atoms with Gasteiger partial charge in [-0.05, 0) is 26.3 Å². The molecule has 0 aliphatic heterocycles. The van der Waals surface area contributed by atoms with Crippen molar-refractivity contribution >= 4 is 20.5 Å². The Labute approximate surface area is 140 Å². The standard InChI is InChI=1S/C15H32N2O5Si/c1-6-16-14(12-23(20-3,21-4)22-5)11-17-15(19)10-8-7-9-13(2)18/h14,16H,6-12H2,1-5H3,(H,17,19). The highest BCUT2D eigenvalue weighted by atomic mass is 28.4. The lowest BCUT2D eigenvalue weighted by atomic mass is 10.1. The zero-order chi connectivity index (χ0) is 17.7. The quantitative estimate of drug-likeness (QED) is 0.361. The van der Waals surface area contributed by atoms with Crippen molar-refractivity contribution in [1.82, 2.24) is 10.6 Å². The molecule has 0 saturated heterocycles. The van der Waals surface area contributed by atoms with E-state index in [0.717, 1.165) is 19.4 Å². The molecule has 7 nitrogen and oxygen atoms in total. The Bertz CT molecular complexity index is 342. The van der Waals surface area contributed by atoms with Gasteiger partial charge in [0.1, 0.15) is 5.78 Å². The minimum absolute atomic E-state index is 0.00373. The number of carbonyl (C=O) groups is 2. The number of hydrogen-bond donors (Lipinski definition) is 2.